The number of benzene rings is 1. The summed E-state index contributed by atoms with van der Waals surface area (Å²) in [6.45, 7) is 1.89. The van der Waals surface area contributed by atoms with Crippen molar-refractivity contribution in [3.63, 3.8) is 0 Å². The van der Waals surface area contributed by atoms with E-state index in [9.17, 15) is 4.79 Å². The zero-order valence-corrected chi connectivity index (χ0v) is 12.2. The van der Waals surface area contributed by atoms with E-state index < -0.39 is 0 Å². The highest BCUT2D eigenvalue weighted by atomic mass is 32.2. The normalized spacial score (nSPS) is 11.8. The van der Waals surface area contributed by atoms with Crippen LogP contribution in [0.4, 0.5) is 0 Å². The van der Waals surface area contributed by atoms with Crippen LogP contribution < -0.4 is 9.47 Å². The summed E-state index contributed by atoms with van der Waals surface area (Å²) in [6.07, 6.45) is 0. The molecule has 0 aliphatic rings. The van der Waals surface area contributed by atoms with Crippen molar-refractivity contribution in [2.24, 2.45) is 0 Å². The fourth-order valence-electron chi connectivity index (χ4n) is 1.51. The molecule has 0 saturated heterocycles. The molecule has 0 N–H and O–H groups in total. The quantitative estimate of drug-likeness (QED) is 0.769. The average Bonchev–Trinajstić information content (AvgIpc) is 2.37. The van der Waals surface area contributed by atoms with E-state index in [1.54, 1.807) is 33.2 Å². The zero-order valence-electron chi connectivity index (χ0n) is 11.4. The molecule has 0 bridgehead atoms. The lowest BCUT2D eigenvalue weighted by Crippen LogP contribution is -2.29. The number of rotatable bonds is 5. The Hall–Kier alpha value is -1.36. The number of thioether (sulfide) groups is 1. The third-order valence-corrected chi connectivity index (χ3v) is 3.54. The molecule has 0 radical (unpaired) electrons. The lowest BCUT2D eigenvalue weighted by molar-refractivity contribution is -0.127. The topological polar surface area (TPSA) is 38.8 Å². The van der Waals surface area contributed by atoms with Gasteiger partial charge in [-0.3, -0.25) is 4.79 Å². The molecule has 0 fully saturated rings. The van der Waals surface area contributed by atoms with Crippen LogP contribution >= 0.6 is 11.8 Å². The highest BCUT2D eigenvalue weighted by molar-refractivity contribution is 8.00. The van der Waals surface area contributed by atoms with Gasteiger partial charge in [0.25, 0.3) is 0 Å². The summed E-state index contributed by atoms with van der Waals surface area (Å²) >= 11 is 1.50. The van der Waals surface area contributed by atoms with Gasteiger partial charge in [-0.2, -0.15) is 0 Å². The van der Waals surface area contributed by atoms with Crippen molar-refractivity contribution in [2.75, 3.05) is 28.3 Å². The van der Waals surface area contributed by atoms with Crippen LogP contribution in [0.2, 0.25) is 0 Å². The first-order valence-electron chi connectivity index (χ1n) is 5.59. The van der Waals surface area contributed by atoms with E-state index in [1.807, 2.05) is 25.1 Å². The molecule has 0 aliphatic heterocycles. The number of amides is 1. The summed E-state index contributed by atoms with van der Waals surface area (Å²) in [6, 6.07) is 5.64. The molecule has 4 nitrogen and oxygen atoms in total. The van der Waals surface area contributed by atoms with Crippen molar-refractivity contribution < 1.29 is 14.3 Å². The molecule has 0 aromatic heterocycles. The maximum Gasteiger partial charge on any atom is 0.235 e. The van der Waals surface area contributed by atoms with Gasteiger partial charge in [-0.25, -0.2) is 0 Å². The van der Waals surface area contributed by atoms with Gasteiger partial charge in [0, 0.05) is 19.0 Å². The van der Waals surface area contributed by atoms with Gasteiger partial charge in [-0.1, -0.05) is 0 Å². The molecular weight excluding hydrogens is 250 g/mol. The van der Waals surface area contributed by atoms with Gasteiger partial charge in [0.2, 0.25) is 5.91 Å². The third-order valence-electron chi connectivity index (χ3n) is 2.46. The molecule has 0 saturated carbocycles. The first kappa shape index (κ1) is 14.7. The Labute approximate surface area is 112 Å². The molecule has 18 heavy (non-hydrogen) atoms. The lowest BCUT2D eigenvalue weighted by atomic mass is 10.3. The van der Waals surface area contributed by atoms with E-state index in [0.29, 0.717) is 11.5 Å². The van der Waals surface area contributed by atoms with E-state index in [1.165, 1.54) is 11.8 Å². The molecule has 0 unspecified atom stereocenters. The molecular formula is C13H19NO3S. The summed E-state index contributed by atoms with van der Waals surface area (Å²) in [5, 5.41) is -0.127. The number of carbonyl (C=O) groups is 1. The Kier molecular flexibility index (Phi) is 5.34. The minimum absolute atomic E-state index is 0.0924. The van der Waals surface area contributed by atoms with Crippen LogP contribution in [-0.4, -0.2) is 44.4 Å². The Morgan fingerprint density at radius 1 is 1.22 bits per heavy atom. The third kappa shape index (κ3) is 3.57. The summed E-state index contributed by atoms with van der Waals surface area (Å²) in [5.41, 5.74) is 0. The number of carbonyl (C=O) groups excluding carboxylic acids is 1. The maximum absolute atomic E-state index is 11.8. The highest BCUT2D eigenvalue weighted by Gasteiger charge is 2.17. The van der Waals surface area contributed by atoms with Crippen molar-refractivity contribution in [1.29, 1.82) is 0 Å². The predicted octanol–water partition coefficient (Wildman–Crippen LogP) is 2.27. The molecule has 1 rings (SSSR count). The summed E-state index contributed by atoms with van der Waals surface area (Å²) in [5.74, 6) is 1.45. The van der Waals surface area contributed by atoms with E-state index in [4.69, 9.17) is 9.47 Å². The first-order chi connectivity index (χ1) is 8.49. The SMILES string of the molecule is COc1ccc(S[C@@H](C)C(=O)N(C)C)cc1OC. The van der Waals surface area contributed by atoms with Crippen molar-refractivity contribution in [3.05, 3.63) is 18.2 Å². The van der Waals surface area contributed by atoms with E-state index in [2.05, 4.69) is 0 Å². The smallest absolute Gasteiger partial charge is 0.235 e. The van der Waals surface area contributed by atoms with Gasteiger partial charge in [0.05, 0.1) is 19.5 Å². The molecule has 0 aliphatic carbocycles. The number of ether oxygens (including phenoxy) is 2. The molecule has 1 aromatic rings. The van der Waals surface area contributed by atoms with Crippen LogP contribution in [-0.2, 0) is 4.79 Å². The largest absolute Gasteiger partial charge is 0.493 e. The number of hydrogen-bond acceptors (Lipinski definition) is 4. The summed E-state index contributed by atoms with van der Waals surface area (Å²) in [4.78, 5) is 14.4. The molecule has 5 heteroatoms. The van der Waals surface area contributed by atoms with E-state index in [-0.39, 0.29) is 11.2 Å². The van der Waals surface area contributed by atoms with Crippen molar-refractivity contribution in [2.45, 2.75) is 17.1 Å². The number of nitrogens with zero attached hydrogens (tertiary/aromatic N) is 1. The minimum atomic E-state index is -0.127. The van der Waals surface area contributed by atoms with Crippen LogP contribution in [0.5, 0.6) is 11.5 Å². The molecule has 100 valence electrons. The fraction of sp³-hybridized carbons (Fsp3) is 0.462. The van der Waals surface area contributed by atoms with E-state index in [0.717, 1.165) is 4.90 Å². The molecule has 1 amide bonds. The molecule has 0 heterocycles. The van der Waals surface area contributed by atoms with Crippen LogP contribution in [0.15, 0.2) is 23.1 Å². The first-order valence-corrected chi connectivity index (χ1v) is 6.47. The van der Waals surface area contributed by atoms with E-state index >= 15 is 0 Å². The predicted molar refractivity (Wildman–Crippen MR) is 73.6 cm³/mol. The number of hydrogen-bond donors (Lipinski definition) is 0. The second-order valence-corrected chi connectivity index (χ2v) is 5.42. The second-order valence-electron chi connectivity index (χ2n) is 4.01. The van der Waals surface area contributed by atoms with Gasteiger partial charge < -0.3 is 14.4 Å². The monoisotopic (exact) mass is 269 g/mol. The van der Waals surface area contributed by atoms with Gasteiger partial charge in [-0.05, 0) is 25.1 Å². The second kappa shape index (κ2) is 6.54. The van der Waals surface area contributed by atoms with Crippen LogP contribution in [0.25, 0.3) is 0 Å². The fourth-order valence-corrected chi connectivity index (χ4v) is 2.55. The highest BCUT2D eigenvalue weighted by Crippen LogP contribution is 2.33. The summed E-state index contributed by atoms with van der Waals surface area (Å²) < 4.78 is 10.4. The van der Waals surface area contributed by atoms with Gasteiger partial charge in [0.15, 0.2) is 11.5 Å². The molecule has 0 spiro atoms. The lowest BCUT2D eigenvalue weighted by Gasteiger charge is -2.17. The maximum atomic E-state index is 11.8. The Balaban J connectivity index is 2.82. The average molecular weight is 269 g/mol. The Bertz CT molecular complexity index is 421. The van der Waals surface area contributed by atoms with Crippen molar-refractivity contribution in [3.8, 4) is 11.5 Å². The zero-order chi connectivity index (χ0) is 13.7. The van der Waals surface area contributed by atoms with Crippen LogP contribution in [0.3, 0.4) is 0 Å². The Morgan fingerprint density at radius 2 is 1.83 bits per heavy atom. The molecule has 1 atom stereocenters. The van der Waals surface area contributed by atoms with Gasteiger partial charge >= 0.3 is 0 Å². The summed E-state index contributed by atoms with van der Waals surface area (Å²) in [7, 11) is 6.71. The van der Waals surface area contributed by atoms with Gasteiger partial charge in [0.1, 0.15) is 0 Å². The van der Waals surface area contributed by atoms with Crippen molar-refractivity contribution >= 4 is 17.7 Å². The van der Waals surface area contributed by atoms with Crippen LogP contribution in [0, 0.1) is 0 Å². The van der Waals surface area contributed by atoms with Gasteiger partial charge in [-0.15, -0.1) is 11.8 Å². The Morgan fingerprint density at radius 3 is 2.33 bits per heavy atom. The number of methoxy groups -OCH3 is 2. The van der Waals surface area contributed by atoms with Crippen molar-refractivity contribution in [1.82, 2.24) is 4.90 Å². The standard InChI is InChI=1S/C13H19NO3S/c1-9(13(15)14(2)3)18-10-6-7-11(16-4)12(8-10)17-5/h6-9H,1-5H3/t9-/m0/s1. The minimum Gasteiger partial charge on any atom is -0.493 e. The molecule has 1 aromatic carbocycles. The van der Waals surface area contributed by atoms with Crippen LogP contribution in [0.1, 0.15) is 6.92 Å².